The van der Waals surface area contributed by atoms with Crippen LogP contribution < -0.4 is 5.32 Å². The lowest BCUT2D eigenvalue weighted by molar-refractivity contribution is 0.0672. The van der Waals surface area contributed by atoms with Gasteiger partial charge in [0.1, 0.15) is 5.76 Å². The van der Waals surface area contributed by atoms with Gasteiger partial charge in [-0.3, -0.25) is 4.79 Å². The van der Waals surface area contributed by atoms with Crippen LogP contribution in [0.5, 0.6) is 0 Å². The maximum Gasteiger partial charge on any atom is 0.289 e. The molecule has 2 saturated heterocycles. The molecule has 2 aliphatic heterocycles. The van der Waals surface area contributed by atoms with E-state index in [2.05, 4.69) is 75.8 Å². The van der Waals surface area contributed by atoms with Crippen LogP contribution in [0.1, 0.15) is 65.1 Å². The Balaban J connectivity index is 1.33. The predicted octanol–water partition coefficient (Wildman–Crippen LogP) is 5.05. The van der Waals surface area contributed by atoms with Gasteiger partial charge in [-0.25, -0.2) is 0 Å². The number of hydrogen-bond donors (Lipinski definition) is 1. The molecule has 1 N–H and O–H groups in total. The number of rotatable bonds is 7. The average molecular weight is 458 g/mol. The van der Waals surface area contributed by atoms with Gasteiger partial charge in [-0.1, -0.05) is 60.7 Å². The van der Waals surface area contributed by atoms with E-state index < -0.39 is 0 Å². The van der Waals surface area contributed by atoms with Crippen LogP contribution in [0.25, 0.3) is 0 Å². The lowest BCUT2D eigenvalue weighted by Gasteiger charge is -2.28. The molecule has 5 rings (SSSR count). The predicted molar refractivity (Wildman–Crippen MR) is 135 cm³/mol. The van der Waals surface area contributed by atoms with Crippen molar-refractivity contribution in [2.45, 2.75) is 43.7 Å². The summed E-state index contributed by atoms with van der Waals surface area (Å²) in [5.74, 6) is 2.18. The summed E-state index contributed by atoms with van der Waals surface area (Å²) in [5, 5.41) is 3.18. The Morgan fingerprint density at radius 2 is 1.65 bits per heavy atom. The highest BCUT2D eigenvalue weighted by atomic mass is 16.4. The lowest BCUT2D eigenvalue weighted by atomic mass is 9.96. The topological polar surface area (TPSA) is 48.7 Å². The minimum absolute atomic E-state index is 0.0109. The molecule has 5 heteroatoms. The largest absolute Gasteiger partial charge is 0.454 e. The quantitative estimate of drug-likeness (QED) is 0.540. The first-order chi connectivity index (χ1) is 16.6. The van der Waals surface area contributed by atoms with Gasteiger partial charge in [0.25, 0.3) is 5.91 Å². The highest BCUT2D eigenvalue weighted by molar-refractivity contribution is 5.92. The van der Waals surface area contributed by atoms with Gasteiger partial charge in [0, 0.05) is 31.6 Å². The van der Waals surface area contributed by atoms with Gasteiger partial charge in [0.2, 0.25) is 0 Å². The van der Waals surface area contributed by atoms with E-state index in [1.165, 1.54) is 17.5 Å². The van der Waals surface area contributed by atoms with E-state index >= 15 is 0 Å². The second kappa shape index (κ2) is 10.2. The maximum atomic E-state index is 13.6. The number of benzene rings is 2. The van der Waals surface area contributed by atoms with Crippen molar-refractivity contribution in [3.63, 3.8) is 0 Å². The Kier molecular flexibility index (Phi) is 6.84. The van der Waals surface area contributed by atoms with Crippen molar-refractivity contribution in [1.82, 2.24) is 15.1 Å². The Morgan fingerprint density at radius 1 is 0.971 bits per heavy atom. The van der Waals surface area contributed by atoms with Gasteiger partial charge in [-0.15, -0.1) is 0 Å². The van der Waals surface area contributed by atoms with E-state index in [9.17, 15) is 4.79 Å². The monoisotopic (exact) mass is 457 g/mol. The fourth-order valence-electron chi connectivity index (χ4n) is 5.58. The molecule has 0 bridgehead atoms. The zero-order chi connectivity index (χ0) is 23.5. The second-order valence-electron chi connectivity index (χ2n) is 9.82. The van der Waals surface area contributed by atoms with Crippen LogP contribution >= 0.6 is 0 Å². The van der Waals surface area contributed by atoms with Gasteiger partial charge in [0.15, 0.2) is 5.76 Å². The normalized spacial score (nSPS) is 23.9. The van der Waals surface area contributed by atoms with E-state index in [4.69, 9.17) is 4.42 Å². The minimum Gasteiger partial charge on any atom is -0.454 e. The van der Waals surface area contributed by atoms with Crippen LogP contribution in [0, 0.1) is 0 Å². The minimum atomic E-state index is 0.0109. The Morgan fingerprint density at radius 3 is 2.32 bits per heavy atom. The molecule has 2 aliphatic rings. The molecule has 1 amide bonds. The smallest absolute Gasteiger partial charge is 0.289 e. The third-order valence-electron chi connectivity index (χ3n) is 7.66. The number of furan rings is 1. The van der Waals surface area contributed by atoms with Gasteiger partial charge in [-0.05, 0) is 62.5 Å². The van der Waals surface area contributed by atoms with Crippen molar-refractivity contribution >= 4 is 5.91 Å². The number of likely N-dealkylation sites (tertiary alicyclic amines) is 2. The summed E-state index contributed by atoms with van der Waals surface area (Å²) in [6.45, 7) is 5.83. The van der Waals surface area contributed by atoms with E-state index in [1.807, 2.05) is 26.1 Å². The number of amides is 1. The molecule has 4 atom stereocenters. The van der Waals surface area contributed by atoms with E-state index in [0.29, 0.717) is 17.6 Å². The summed E-state index contributed by atoms with van der Waals surface area (Å²) in [5.41, 5.74) is 2.74. The van der Waals surface area contributed by atoms with Crippen molar-refractivity contribution in [2.75, 3.05) is 33.2 Å². The van der Waals surface area contributed by atoms with Crippen molar-refractivity contribution in [2.24, 2.45) is 0 Å². The van der Waals surface area contributed by atoms with Crippen LogP contribution in [0.2, 0.25) is 0 Å². The fourth-order valence-corrected chi connectivity index (χ4v) is 5.58. The molecule has 0 saturated carbocycles. The number of nitrogens with zero attached hydrogens (tertiary/aromatic N) is 2. The molecular weight excluding hydrogens is 422 g/mol. The van der Waals surface area contributed by atoms with Gasteiger partial charge < -0.3 is 19.5 Å². The molecule has 0 aliphatic carbocycles. The van der Waals surface area contributed by atoms with Gasteiger partial charge >= 0.3 is 0 Å². The molecule has 2 aromatic carbocycles. The highest BCUT2D eigenvalue weighted by Crippen LogP contribution is 2.35. The Bertz CT molecular complexity index is 1080. The summed E-state index contributed by atoms with van der Waals surface area (Å²) in [7, 11) is 1.90. The molecule has 2 unspecified atom stereocenters. The van der Waals surface area contributed by atoms with Crippen molar-refractivity contribution < 1.29 is 9.21 Å². The molecule has 178 valence electrons. The van der Waals surface area contributed by atoms with Crippen LogP contribution in [0.3, 0.4) is 0 Å². The molecule has 3 aromatic rings. The standard InChI is InChI=1S/C29H35N3O2/c1-21(30-2)27-13-14-28(34-27)29(33)32-19-25(23-11-7-4-8-12-23)17-26(32)20-31-16-15-24(18-31)22-9-5-3-6-10-22/h3-14,21,24-26,30H,15-20H2,1-2H3/t21?,24?,25-,26-/m0/s1. The summed E-state index contributed by atoms with van der Waals surface area (Å²) in [4.78, 5) is 18.2. The third kappa shape index (κ3) is 4.82. The van der Waals surface area contributed by atoms with Crippen molar-refractivity contribution in [1.29, 1.82) is 0 Å². The summed E-state index contributed by atoms with van der Waals surface area (Å²) in [6.07, 6.45) is 2.17. The number of carbonyl (C=O) groups excluding carboxylic acids is 1. The van der Waals surface area contributed by atoms with E-state index in [0.717, 1.165) is 38.4 Å². The van der Waals surface area contributed by atoms with E-state index in [-0.39, 0.29) is 18.0 Å². The summed E-state index contributed by atoms with van der Waals surface area (Å²) >= 11 is 0. The van der Waals surface area contributed by atoms with Crippen molar-refractivity contribution in [3.05, 3.63) is 95.4 Å². The maximum absolute atomic E-state index is 13.6. The third-order valence-corrected chi connectivity index (χ3v) is 7.66. The molecular formula is C29H35N3O2. The average Bonchev–Trinajstić information content (AvgIpc) is 3.65. The summed E-state index contributed by atoms with van der Waals surface area (Å²) in [6, 6.07) is 25.5. The molecule has 1 aromatic heterocycles. The molecule has 34 heavy (non-hydrogen) atoms. The Hall–Kier alpha value is -2.89. The molecule has 0 spiro atoms. The first-order valence-corrected chi connectivity index (χ1v) is 12.5. The molecule has 3 heterocycles. The Labute approximate surface area is 202 Å². The van der Waals surface area contributed by atoms with Crippen molar-refractivity contribution in [3.8, 4) is 0 Å². The van der Waals surface area contributed by atoms with Crippen LogP contribution in [0.15, 0.2) is 77.2 Å². The number of nitrogens with one attached hydrogen (secondary N) is 1. The van der Waals surface area contributed by atoms with E-state index in [1.54, 1.807) is 0 Å². The SMILES string of the molecule is CNC(C)c1ccc(C(=O)N2C[C@@H](c3ccccc3)C[C@H]2CN2CCC(c3ccccc3)C2)o1. The van der Waals surface area contributed by atoms with Gasteiger partial charge in [0.05, 0.1) is 6.04 Å². The first kappa shape index (κ1) is 22.9. The molecule has 5 nitrogen and oxygen atoms in total. The van der Waals surface area contributed by atoms with Crippen LogP contribution in [-0.4, -0.2) is 55.0 Å². The molecule has 2 fully saturated rings. The second-order valence-corrected chi connectivity index (χ2v) is 9.82. The fraction of sp³-hybridized carbons (Fsp3) is 0.414. The summed E-state index contributed by atoms with van der Waals surface area (Å²) < 4.78 is 5.98. The molecule has 0 radical (unpaired) electrons. The zero-order valence-corrected chi connectivity index (χ0v) is 20.2. The zero-order valence-electron chi connectivity index (χ0n) is 20.2. The number of hydrogen-bond acceptors (Lipinski definition) is 4. The van der Waals surface area contributed by atoms with Gasteiger partial charge in [-0.2, -0.15) is 0 Å². The highest BCUT2D eigenvalue weighted by Gasteiger charge is 2.39. The first-order valence-electron chi connectivity index (χ1n) is 12.5. The number of carbonyl (C=O) groups is 1. The van der Waals surface area contributed by atoms with Crippen LogP contribution in [-0.2, 0) is 0 Å². The lowest BCUT2D eigenvalue weighted by Crippen LogP contribution is -2.42. The van der Waals surface area contributed by atoms with Crippen LogP contribution in [0.4, 0.5) is 0 Å².